The molecule has 5 nitrogen and oxygen atoms in total. The van der Waals surface area contributed by atoms with E-state index in [1.807, 2.05) is 6.92 Å². The van der Waals surface area contributed by atoms with Crippen molar-refractivity contribution >= 4 is 11.9 Å². The highest BCUT2D eigenvalue weighted by molar-refractivity contribution is 6.05. The first-order valence-electron chi connectivity index (χ1n) is 4.34. The van der Waals surface area contributed by atoms with Crippen LogP contribution in [-0.2, 0) is 9.63 Å². The number of nitrogens with one attached hydrogen (secondary N) is 1. The van der Waals surface area contributed by atoms with Crippen LogP contribution in [0.3, 0.4) is 0 Å². The van der Waals surface area contributed by atoms with Gasteiger partial charge in [-0.05, 0) is 20.3 Å². The predicted octanol–water partition coefficient (Wildman–Crippen LogP) is 0.658. The number of rotatable bonds is 3. The van der Waals surface area contributed by atoms with Gasteiger partial charge < -0.3 is 5.32 Å². The van der Waals surface area contributed by atoms with Crippen LogP contribution < -0.4 is 5.32 Å². The standard InChI is InChI=1S/C8H14N2O3/c1-4-8(3)6(11)10(13-5-2)7(12)9-8/h4-5H2,1-3H3,(H,9,12). The maximum Gasteiger partial charge on any atom is 0.349 e. The van der Waals surface area contributed by atoms with Crippen molar-refractivity contribution in [2.75, 3.05) is 6.61 Å². The van der Waals surface area contributed by atoms with E-state index in [0.717, 1.165) is 5.06 Å². The zero-order valence-electron chi connectivity index (χ0n) is 8.09. The van der Waals surface area contributed by atoms with E-state index in [9.17, 15) is 9.59 Å². The molecule has 1 aliphatic heterocycles. The van der Waals surface area contributed by atoms with Gasteiger partial charge in [-0.2, -0.15) is 0 Å². The van der Waals surface area contributed by atoms with Crippen molar-refractivity contribution in [3.63, 3.8) is 0 Å². The number of nitrogens with zero attached hydrogens (tertiary/aromatic N) is 1. The van der Waals surface area contributed by atoms with Crippen LogP contribution in [0.15, 0.2) is 0 Å². The fourth-order valence-electron chi connectivity index (χ4n) is 1.14. The predicted molar refractivity (Wildman–Crippen MR) is 45.7 cm³/mol. The van der Waals surface area contributed by atoms with Crippen LogP contribution in [0.25, 0.3) is 0 Å². The summed E-state index contributed by atoms with van der Waals surface area (Å²) in [5, 5.41) is 3.37. The Hall–Kier alpha value is -1.10. The molecule has 1 fully saturated rings. The van der Waals surface area contributed by atoms with Gasteiger partial charge in [0.2, 0.25) is 0 Å². The third-order valence-electron chi connectivity index (χ3n) is 2.19. The molecular formula is C8H14N2O3. The second-order valence-corrected chi connectivity index (χ2v) is 3.13. The van der Waals surface area contributed by atoms with E-state index >= 15 is 0 Å². The van der Waals surface area contributed by atoms with Crippen molar-refractivity contribution in [1.82, 2.24) is 10.4 Å². The van der Waals surface area contributed by atoms with Crippen molar-refractivity contribution in [2.45, 2.75) is 32.7 Å². The zero-order valence-corrected chi connectivity index (χ0v) is 8.09. The van der Waals surface area contributed by atoms with Gasteiger partial charge >= 0.3 is 6.03 Å². The maximum absolute atomic E-state index is 11.6. The summed E-state index contributed by atoms with van der Waals surface area (Å²) in [4.78, 5) is 27.7. The summed E-state index contributed by atoms with van der Waals surface area (Å²) < 4.78 is 0. The molecule has 0 bridgehead atoms. The average molecular weight is 186 g/mol. The van der Waals surface area contributed by atoms with Gasteiger partial charge in [-0.15, -0.1) is 5.06 Å². The lowest BCUT2D eigenvalue weighted by Crippen LogP contribution is -2.43. The molecule has 0 radical (unpaired) electrons. The molecule has 3 amide bonds. The number of imide groups is 1. The van der Waals surface area contributed by atoms with E-state index in [1.54, 1.807) is 13.8 Å². The molecule has 1 saturated heterocycles. The molecule has 0 aliphatic carbocycles. The van der Waals surface area contributed by atoms with Crippen LogP contribution in [0.2, 0.25) is 0 Å². The summed E-state index contributed by atoms with van der Waals surface area (Å²) >= 11 is 0. The van der Waals surface area contributed by atoms with Gasteiger partial charge in [-0.1, -0.05) is 6.92 Å². The molecule has 1 heterocycles. The smallest absolute Gasteiger partial charge is 0.321 e. The minimum absolute atomic E-state index is 0.305. The summed E-state index contributed by atoms with van der Waals surface area (Å²) in [7, 11) is 0. The van der Waals surface area contributed by atoms with Crippen LogP contribution >= 0.6 is 0 Å². The Balaban J connectivity index is 2.81. The molecule has 0 aromatic carbocycles. The fraction of sp³-hybridized carbons (Fsp3) is 0.750. The summed E-state index contributed by atoms with van der Waals surface area (Å²) in [5.74, 6) is -0.318. The van der Waals surface area contributed by atoms with E-state index in [1.165, 1.54) is 0 Å². The number of hydroxylamine groups is 2. The molecule has 1 N–H and O–H groups in total. The molecule has 5 heteroatoms. The maximum atomic E-state index is 11.6. The SMILES string of the molecule is CCON1C(=O)NC(C)(CC)C1=O. The summed E-state index contributed by atoms with van der Waals surface area (Å²) in [6.07, 6.45) is 0.557. The normalized spacial score (nSPS) is 28.1. The first kappa shape index (κ1) is 9.98. The molecule has 1 rings (SSSR count). The summed E-state index contributed by atoms with van der Waals surface area (Å²) in [6.45, 7) is 5.56. The van der Waals surface area contributed by atoms with Gasteiger partial charge in [-0.25, -0.2) is 4.79 Å². The lowest BCUT2D eigenvalue weighted by Gasteiger charge is -2.18. The monoisotopic (exact) mass is 186 g/mol. The Kier molecular flexibility index (Phi) is 2.56. The fourth-order valence-corrected chi connectivity index (χ4v) is 1.14. The molecule has 0 spiro atoms. The van der Waals surface area contributed by atoms with E-state index in [2.05, 4.69) is 5.32 Å². The lowest BCUT2D eigenvalue weighted by molar-refractivity contribution is -0.165. The second kappa shape index (κ2) is 3.33. The highest BCUT2D eigenvalue weighted by Crippen LogP contribution is 2.20. The average Bonchev–Trinajstić information content (AvgIpc) is 2.31. The molecule has 1 aliphatic rings. The Morgan fingerprint density at radius 2 is 2.08 bits per heavy atom. The Morgan fingerprint density at radius 1 is 1.46 bits per heavy atom. The highest BCUT2D eigenvalue weighted by Gasteiger charge is 2.47. The molecule has 1 atom stereocenters. The molecule has 74 valence electrons. The lowest BCUT2D eigenvalue weighted by atomic mass is 10.00. The molecule has 13 heavy (non-hydrogen) atoms. The van der Waals surface area contributed by atoms with E-state index in [-0.39, 0.29) is 5.91 Å². The molecule has 0 aromatic heterocycles. The quantitative estimate of drug-likeness (QED) is 0.658. The van der Waals surface area contributed by atoms with Gasteiger partial charge in [0.25, 0.3) is 5.91 Å². The van der Waals surface area contributed by atoms with Crippen molar-refractivity contribution < 1.29 is 14.4 Å². The van der Waals surface area contributed by atoms with E-state index in [4.69, 9.17) is 4.84 Å². The third-order valence-corrected chi connectivity index (χ3v) is 2.19. The van der Waals surface area contributed by atoms with E-state index < -0.39 is 11.6 Å². The van der Waals surface area contributed by atoms with Crippen LogP contribution in [0.1, 0.15) is 27.2 Å². The highest BCUT2D eigenvalue weighted by atomic mass is 16.7. The van der Waals surface area contributed by atoms with Crippen molar-refractivity contribution in [2.24, 2.45) is 0 Å². The number of carbonyl (C=O) groups is 2. The van der Waals surface area contributed by atoms with Crippen molar-refractivity contribution in [3.05, 3.63) is 0 Å². The van der Waals surface area contributed by atoms with Crippen LogP contribution in [0.4, 0.5) is 4.79 Å². The largest absolute Gasteiger partial charge is 0.349 e. The summed E-state index contributed by atoms with van der Waals surface area (Å²) in [5.41, 5.74) is -0.799. The molecular weight excluding hydrogens is 172 g/mol. The first-order chi connectivity index (χ1) is 6.05. The topological polar surface area (TPSA) is 58.6 Å². The number of carbonyl (C=O) groups excluding carboxylic acids is 2. The van der Waals surface area contributed by atoms with Crippen LogP contribution in [0, 0.1) is 0 Å². The first-order valence-corrected chi connectivity index (χ1v) is 4.34. The minimum atomic E-state index is -0.799. The van der Waals surface area contributed by atoms with Gasteiger partial charge in [0.15, 0.2) is 0 Å². The van der Waals surface area contributed by atoms with Crippen molar-refractivity contribution in [1.29, 1.82) is 0 Å². The zero-order chi connectivity index (χ0) is 10.1. The van der Waals surface area contributed by atoms with E-state index in [0.29, 0.717) is 13.0 Å². The molecule has 0 saturated carbocycles. The molecule has 0 aromatic rings. The van der Waals surface area contributed by atoms with Gasteiger partial charge in [-0.3, -0.25) is 9.63 Å². The Labute approximate surface area is 77.0 Å². The Morgan fingerprint density at radius 3 is 2.46 bits per heavy atom. The van der Waals surface area contributed by atoms with Crippen LogP contribution in [-0.4, -0.2) is 29.1 Å². The third kappa shape index (κ3) is 1.51. The number of urea groups is 1. The number of amides is 3. The van der Waals surface area contributed by atoms with Gasteiger partial charge in [0.1, 0.15) is 5.54 Å². The van der Waals surface area contributed by atoms with Gasteiger partial charge in [0, 0.05) is 0 Å². The number of hydrogen-bond donors (Lipinski definition) is 1. The van der Waals surface area contributed by atoms with Gasteiger partial charge in [0.05, 0.1) is 6.61 Å². The number of hydrogen-bond acceptors (Lipinski definition) is 3. The second-order valence-electron chi connectivity index (χ2n) is 3.13. The van der Waals surface area contributed by atoms with Crippen molar-refractivity contribution in [3.8, 4) is 0 Å². The van der Waals surface area contributed by atoms with Crippen LogP contribution in [0.5, 0.6) is 0 Å². The minimum Gasteiger partial charge on any atom is -0.321 e. The summed E-state index contributed by atoms with van der Waals surface area (Å²) in [6, 6.07) is -0.476. The Bertz CT molecular complexity index is 242. The molecule has 1 unspecified atom stereocenters.